The van der Waals surface area contributed by atoms with Crippen LogP contribution in [-0.2, 0) is 19.2 Å². The number of ketones is 1. The van der Waals surface area contributed by atoms with Crippen LogP contribution in [0.1, 0.15) is 59.8 Å². The second-order valence-corrected chi connectivity index (χ2v) is 10.7. The predicted octanol–water partition coefficient (Wildman–Crippen LogP) is 1.53. The standard InChI is InChI=1S/C23H36F2N4O6/c1-22(2,3)17(28-21(34)35)20(33)29-11-12-7-6-8-13(12)15(29)18(31)27-14(9-10-23(4,24)25)16(30)19(32)26-5/h12-15,17,28H,6-11H2,1-5H3,(H,26,32)(H,27,31)(H,34,35)/t12-,13-,14-,15-,17+/m0/s1. The summed E-state index contributed by atoms with van der Waals surface area (Å²) in [7, 11) is 1.22. The molecule has 1 saturated heterocycles. The Labute approximate surface area is 203 Å². The van der Waals surface area contributed by atoms with Crippen molar-refractivity contribution in [3.63, 3.8) is 0 Å². The maximum absolute atomic E-state index is 13.5. The topological polar surface area (TPSA) is 145 Å². The van der Waals surface area contributed by atoms with Crippen molar-refractivity contribution < 1.29 is 37.9 Å². The van der Waals surface area contributed by atoms with Gasteiger partial charge in [0.1, 0.15) is 12.1 Å². The summed E-state index contributed by atoms with van der Waals surface area (Å²) < 4.78 is 27.0. The van der Waals surface area contributed by atoms with E-state index in [4.69, 9.17) is 0 Å². The number of halogens is 2. The third-order valence-electron chi connectivity index (χ3n) is 6.78. The van der Waals surface area contributed by atoms with E-state index in [-0.39, 0.29) is 18.4 Å². The summed E-state index contributed by atoms with van der Waals surface area (Å²) in [5.41, 5.74) is -0.793. The van der Waals surface area contributed by atoms with Crippen LogP contribution in [-0.4, -0.2) is 77.2 Å². The number of carbonyl (C=O) groups excluding carboxylic acids is 4. The molecule has 0 spiro atoms. The highest BCUT2D eigenvalue weighted by atomic mass is 19.3. The molecule has 1 heterocycles. The van der Waals surface area contributed by atoms with Crippen LogP contribution in [0.4, 0.5) is 13.6 Å². The van der Waals surface area contributed by atoms with E-state index in [9.17, 15) is 37.9 Å². The van der Waals surface area contributed by atoms with Crippen molar-refractivity contribution in [2.75, 3.05) is 13.6 Å². The lowest BCUT2D eigenvalue weighted by atomic mass is 9.85. The Kier molecular flexibility index (Phi) is 8.83. The lowest BCUT2D eigenvalue weighted by Gasteiger charge is -2.36. The third kappa shape index (κ3) is 7.11. The van der Waals surface area contributed by atoms with E-state index < -0.39 is 71.9 Å². The van der Waals surface area contributed by atoms with Gasteiger partial charge in [-0.25, -0.2) is 13.6 Å². The van der Waals surface area contributed by atoms with E-state index in [1.54, 1.807) is 20.8 Å². The molecule has 0 aromatic carbocycles. The minimum atomic E-state index is -3.11. The average Bonchev–Trinajstić information content (AvgIpc) is 3.32. The Morgan fingerprint density at radius 1 is 1.06 bits per heavy atom. The van der Waals surface area contributed by atoms with Crippen LogP contribution in [0, 0.1) is 17.3 Å². The highest BCUT2D eigenvalue weighted by Crippen LogP contribution is 2.43. The van der Waals surface area contributed by atoms with E-state index in [1.165, 1.54) is 11.9 Å². The van der Waals surface area contributed by atoms with Gasteiger partial charge in [0.25, 0.3) is 5.91 Å². The van der Waals surface area contributed by atoms with Gasteiger partial charge in [0.15, 0.2) is 0 Å². The van der Waals surface area contributed by atoms with Crippen LogP contribution in [0.5, 0.6) is 0 Å². The summed E-state index contributed by atoms with van der Waals surface area (Å²) in [6.45, 7) is 6.01. The molecule has 0 unspecified atom stereocenters. The molecule has 0 aromatic heterocycles. The smallest absolute Gasteiger partial charge is 0.405 e. The second kappa shape index (κ2) is 10.9. The lowest BCUT2D eigenvalue weighted by molar-refractivity contribution is -0.144. The Morgan fingerprint density at radius 2 is 1.69 bits per heavy atom. The summed E-state index contributed by atoms with van der Waals surface area (Å²) in [4.78, 5) is 64.1. The highest BCUT2D eigenvalue weighted by Gasteiger charge is 2.52. The fraction of sp³-hybridized carbons (Fsp3) is 0.783. The quantitative estimate of drug-likeness (QED) is 0.352. The Morgan fingerprint density at radius 3 is 2.20 bits per heavy atom. The summed E-state index contributed by atoms with van der Waals surface area (Å²) >= 11 is 0. The fourth-order valence-electron chi connectivity index (χ4n) is 5.01. The molecule has 2 rings (SSSR count). The molecule has 10 nitrogen and oxygen atoms in total. The zero-order valence-corrected chi connectivity index (χ0v) is 20.8. The number of likely N-dealkylation sites (tertiary alicyclic amines) is 1. The van der Waals surface area contributed by atoms with Gasteiger partial charge in [-0.15, -0.1) is 0 Å². The number of rotatable bonds is 9. The molecule has 1 aliphatic heterocycles. The molecule has 2 aliphatic rings. The number of hydrogen-bond acceptors (Lipinski definition) is 5. The van der Waals surface area contributed by atoms with Crippen molar-refractivity contribution in [1.82, 2.24) is 20.9 Å². The van der Waals surface area contributed by atoms with E-state index in [0.717, 1.165) is 12.8 Å². The van der Waals surface area contributed by atoms with Gasteiger partial charge in [-0.1, -0.05) is 27.2 Å². The number of fused-ring (bicyclic) bond motifs is 1. The lowest BCUT2D eigenvalue weighted by Crippen LogP contribution is -2.59. The number of amides is 4. The molecule has 1 saturated carbocycles. The maximum atomic E-state index is 13.5. The first-order chi connectivity index (χ1) is 16.1. The van der Waals surface area contributed by atoms with Gasteiger partial charge in [0.2, 0.25) is 23.5 Å². The highest BCUT2D eigenvalue weighted by molar-refractivity contribution is 6.38. The summed E-state index contributed by atoms with van der Waals surface area (Å²) in [6.07, 6.45) is -0.278. The monoisotopic (exact) mass is 502 g/mol. The average molecular weight is 503 g/mol. The van der Waals surface area contributed by atoms with Crippen molar-refractivity contribution in [2.45, 2.75) is 83.8 Å². The molecule has 5 atom stereocenters. The van der Waals surface area contributed by atoms with Crippen molar-refractivity contribution in [3.8, 4) is 0 Å². The second-order valence-electron chi connectivity index (χ2n) is 10.7. The van der Waals surface area contributed by atoms with E-state index in [0.29, 0.717) is 13.3 Å². The first kappa shape index (κ1) is 28.4. The van der Waals surface area contributed by atoms with Crippen LogP contribution in [0.25, 0.3) is 0 Å². The van der Waals surface area contributed by atoms with Crippen molar-refractivity contribution >= 4 is 29.6 Å². The maximum Gasteiger partial charge on any atom is 0.405 e. The summed E-state index contributed by atoms with van der Waals surface area (Å²) in [6, 6.07) is -3.62. The minimum absolute atomic E-state index is 0.0215. The molecule has 0 aromatic rings. The van der Waals surface area contributed by atoms with Crippen LogP contribution in [0.3, 0.4) is 0 Å². The fourth-order valence-corrected chi connectivity index (χ4v) is 5.01. The molecule has 198 valence electrons. The van der Waals surface area contributed by atoms with E-state index in [1.807, 2.05) is 0 Å². The summed E-state index contributed by atoms with van der Waals surface area (Å²) in [5.74, 6) is -6.65. The first-order valence-electron chi connectivity index (χ1n) is 11.8. The number of Topliss-reactive ketones (excluding diaryl/α,β-unsaturated/α-hetero) is 1. The molecule has 0 radical (unpaired) electrons. The van der Waals surface area contributed by atoms with Gasteiger partial charge in [0, 0.05) is 20.0 Å². The molecular weight excluding hydrogens is 466 g/mol. The zero-order valence-electron chi connectivity index (χ0n) is 20.8. The van der Waals surface area contributed by atoms with Crippen molar-refractivity contribution in [3.05, 3.63) is 0 Å². The van der Waals surface area contributed by atoms with Gasteiger partial charge >= 0.3 is 6.09 Å². The van der Waals surface area contributed by atoms with Crippen LogP contribution >= 0.6 is 0 Å². The third-order valence-corrected chi connectivity index (χ3v) is 6.78. The van der Waals surface area contributed by atoms with Gasteiger partial charge in [-0.2, -0.15) is 0 Å². The normalized spacial score (nSPS) is 23.7. The number of carbonyl (C=O) groups is 5. The van der Waals surface area contributed by atoms with Gasteiger partial charge < -0.3 is 26.0 Å². The largest absolute Gasteiger partial charge is 0.465 e. The van der Waals surface area contributed by atoms with Gasteiger partial charge in [-0.3, -0.25) is 19.2 Å². The molecule has 35 heavy (non-hydrogen) atoms. The van der Waals surface area contributed by atoms with Crippen molar-refractivity contribution in [2.24, 2.45) is 17.3 Å². The van der Waals surface area contributed by atoms with Crippen molar-refractivity contribution in [1.29, 1.82) is 0 Å². The molecular formula is C23H36F2N4O6. The van der Waals surface area contributed by atoms with E-state index in [2.05, 4.69) is 16.0 Å². The Hall–Kier alpha value is -2.79. The first-order valence-corrected chi connectivity index (χ1v) is 11.8. The van der Waals surface area contributed by atoms with Gasteiger partial charge in [0.05, 0.1) is 6.04 Å². The number of alkyl halides is 2. The SMILES string of the molecule is CNC(=O)C(=O)[C@H](CCC(C)(F)F)NC(=O)[C@@H]1[C@H]2CCC[C@H]2CN1C(=O)[C@@H](NC(=O)O)C(C)(C)C. The van der Waals surface area contributed by atoms with Crippen LogP contribution < -0.4 is 16.0 Å². The predicted molar refractivity (Wildman–Crippen MR) is 122 cm³/mol. The number of nitrogens with zero attached hydrogens (tertiary/aromatic N) is 1. The van der Waals surface area contributed by atoms with Gasteiger partial charge in [-0.05, 0) is 43.4 Å². The number of carboxylic acid groups (broad SMARTS) is 1. The molecule has 1 aliphatic carbocycles. The Balaban J connectivity index is 2.33. The van der Waals surface area contributed by atoms with E-state index >= 15 is 0 Å². The molecule has 4 amide bonds. The zero-order chi connectivity index (χ0) is 26.7. The summed E-state index contributed by atoms with van der Waals surface area (Å²) in [5, 5.41) is 16.1. The number of hydrogen-bond donors (Lipinski definition) is 4. The minimum Gasteiger partial charge on any atom is -0.465 e. The molecule has 12 heteroatoms. The Bertz CT molecular complexity index is 854. The number of likely N-dealkylation sites (N-methyl/N-ethyl adjacent to an activating group) is 1. The molecule has 4 N–H and O–H groups in total. The molecule has 0 bridgehead atoms. The number of nitrogens with one attached hydrogen (secondary N) is 3. The van der Waals surface area contributed by atoms with Crippen LogP contribution in [0.15, 0.2) is 0 Å². The van der Waals surface area contributed by atoms with Crippen LogP contribution in [0.2, 0.25) is 0 Å². The molecule has 2 fully saturated rings.